The molecule has 2 aromatic carbocycles. The maximum Gasteiger partial charge on any atom is 0.291 e. The molecule has 0 spiro atoms. The van der Waals surface area contributed by atoms with E-state index in [2.05, 4.69) is 27.5 Å². The van der Waals surface area contributed by atoms with Gasteiger partial charge in [0.2, 0.25) is 5.82 Å². The molecule has 0 fully saturated rings. The Bertz CT molecular complexity index is 1110. The van der Waals surface area contributed by atoms with Crippen molar-refractivity contribution in [2.75, 3.05) is 18.6 Å². The number of likely N-dealkylation sites (N-methyl/N-ethyl adjacent to an activating group) is 1. The molecule has 0 saturated carbocycles. The van der Waals surface area contributed by atoms with E-state index < -0.39 is 11.9 Å². The van der Waals surface area contributed by atoms with Gasteiger partial charge >= 0.3 is 0 Å². The van der Waals surface area contributed by atoms with E-state index in [-0.39, 0.29) is 24.3 Å². The zero-order chi connectivity index (χ0) is 20.7. The van der Waals surface area contributed by atoms with Crippen LogP contribution in [0.2, 0.25) is 0 Å². The van der Waals surface area contributed by atoms with E-state index in [1.54, 1.807) is 17.8 Å². The second kappa shape index (κ2) is 7.29. The largest absolute Gasteiger partial charge is 0.489 e. The fourth-order valence-corrected chi connectivity index (χ4v) is 4.03. The molecule has 0 saturated heterocycles. The van der Waals surface area contributed by atoms with Gasteiger partial charge in [-0.05, 0) is 24.1 Å². The van der Waals surface area contributed by atoms with Crippen molar-refractivity contribution in [1.82, 2.24) is 20.1 Å². The summed E-state index contributed by atoms with van der Waals surface area (Å²) in [4.78, 5) is 31.7. The van der Waals surface area contributed by atoms with E-state index in [9.17, 15) is 9.59 Å². The summed E-state index contributed by atoms with van der Waals surface area (Å²) in [6, 6.07) is 16.6. The molecular weight excluding hydrogens is 382 g/mol. The molecule has 0 bridgehead atoms. The van der Waals surface area contributed by atoms with E-state index in [0.29, 0.717) is 18.0 Å². The summed E-state index contributed by atoms with van der Waals surface area (Å²) in [5.74, 6) is 0.841. The minimum Gasteiger partial charge on any atom is -0.489 e. The van der Waals surface area contributed by atoms with E-state index in [1.165, 1.54) is 4.90 Å². The number of rotatable bonds is 3. The minimum atomic E-state index is -0.821. The molecule has 0 aliphatic carbocycles. The molecule has 152 valence electrons. The number of carbonyl (C=O) groups excluding carboxylic acids is 2. The van der Waals surface area contributed by atoms with Crippen LogP contribution in [0.4, 0.5) is 5.69 Å². The number of hydrogen-bond donors (Lipinski definition) is 1. The number of nitrogens with zero attached hydrogens (tertiary/aromatic N) is 4. The van der Waals surface area contributed by atoms with Crippen molar-refractivity contribution in [2.45, 2.75) is 24.9 Å². The zero-order valence-electron chi connectivity index (χ0n) is 16.5. The SMILES string of the molecule is CN1C(=O)[C@@H](NC(=O)c2nc3n(n2)CCC3c2ccccc2)COc2ccccc21. The normalized spacial score (nSPS) is 20.2. The summed E-state index contributed by atoms with van der Waals surface area (Å²) in [6.07, 6.45) is 0.902. The van der Waals surface area contributed by atoms with Crippen LogP contribution in [0.3, 0.4) is 0 Å². The van der Waals surface area contributed by atoms with Gasteiger partial charge in [0.15, 0.2) is 0 Å². The third-order valence-electron chi connectivity index (χ3n) is 5.61. The molecule has 8 heteroatoms. The maximum atomic E-state index is 12.8. The number of fused-ring (bicyclic) bond motifs is 2. The molecule has 3 heterocycles. The van der Waals surface area contributed by atoms with Gasteiger partial charge in [-0.3, -0.25) is 9.59 Å². The average molecular weight is 403 g/mol. The summed E-state index contributed by atoms with van der Waals surface area (Å²) in [5, 5.41) is 7.11. The van der Waals surface area contributed by atoms with Gasteiger partial charge in [0, 0.05) is 19.5 Å². The second-order valence-corrected chi connectivity index (χ2v) is 7.47. The lowest BCUT2D eigenvalue weighted by Gasteiger charge is -2.19. The van der Waals surface area contributed by atoms with Crippen LogP contribution in [0.25, 0.3) is 0 Å². The molecule has 2 amide bonds. The van der Waals surface area contributed by atoms with Crippen molar-refractivity contribution in [2.24, 2.45) is 0 Å². The number of nitrogens with one attached hydrogen (secondary N) is 1. The summed E-state index contributed by atoms with van der Waals surface area (Å²) in [7, 11) is 1.67. The molecular formula is C22H21N5O3. The zero-order valence-corrected chi connectivity index (χ0v) is 16.5. The molecule has 1 aromatic heterocycles. The molecule has 2 atom stereocenters. The van der Waals surface area contributed by atoms with Crippen LogP contribution in [0.15, 0.2) is 54.6 Å². The van der Waals surface area contributed by atoms with Gasteiger partial charge in [0.25, 0.3) is 11.8 Å². The van der Waals surface area contributed by atoms with E-state index in [0.717, 1.165) is 17.8 Å². The van der Waals surface area contributed by atoms with Crippen molar-refractivity contribution in [3.8, 4) is 5.75 Å². The quantitative estimate of drug-likeness (QED) is 0.722. The van der Waals surface area contributed by atoms with E-state index >= 15 is 0 Å². The highest BCUT2D eigenvalue weighted by Gasteiger charge is 2.33. The van der Waals surface area contributed by atoms with Gasteiger partial charge in [-0.2, -0.15) is 0 Å². The first kappa shape index (κ1) is 18.4. The molecule has 5 rings (SSSR count). The van der Waals surface area contributed by atoms with Crippen LogP contribution in [-0.2, 0) is 11.3 Å². The lowest BCUT2D eigenvalue weighted by molar-refractivity contribution is -0.120. The van der Waals surface area contributed by atoms with Crippen LogP contribution < -0.4 is 15.0 Å². The third-order valence-corrected chi connectivity index (χ3v) is 5.61. The first-order chi connectivity index (χ1) is 14.6. The number of anilines is 1. The second-order valence-electron chi connectivity index (χ2n) is 7.47. The van der Waals surface area contributed by atoms with Crippen molar-refractivity contribution in [3.63, 3.8) is 0 Å². The molecule has 8 nitrogen and oxygen atoms in total. The number of para-hydroxylation sites is 2. The summed E-state index contributed by atoms with van der Waals surface area (Å²) < 4.78 is 7.53. The lowest BCUT2D eigenvalue weighted by atomic mass is 9.97. The van der Waals surface area contributed by atoms with E-state index in [4.69, 9.17) is 4.74 Å². The van der Waals surface area contributed by atoms with E-state index in [1.807, 2.05) is 36.4 Å². The van der Waals surface area contributed by atoms with Gasteiger partial charge < -0.3 is 15.0 Å². The number of ether oxygens (including phenoxy) is 1. The first-order valence-electron chi connectivity index (χ1n) is 9.92. The fraction of sp³-hybridized carbons (Fsp3) is 0.273. The van der Waals surface area contributed by atoms with Crippen molar-refractivity contribution in [3.05, 3.63) is 71.8 Å². The molecule has 2 aliphatic rings. The number of amides is 2. The molecule has 2 aliphatic heterocycles. The Hall–Kier alpha value is -3.68. The van der Waals surface area contributed by atoms with Gasteiger partial charge in [-0.25, -0.2) is 9.67 Å². The van der Waals surface area contributed by atoms with Gasteiger partial charge in [0.1, 0.15) is 24.2 Å². The Morgan fingerprint density at radius 3 is 2.73 bits per heavy atom. The highest BCUT2D eigenvalue weighted by Crippen LogP contribution is 2.32. The Morgan fingerprint density at radius 1 is 1.13 bits per heavy atom. The number of aromatic nitrogens is 3. The van der Waals surface area contributed by atoms with Gasteiger partial charge in [0.05, 0.1) is 5.69 Å². The average Bonchev–Trinajstić information content (AvgIpc) is 3.34. The van der Waals surface area contributed by atoms with Crippen molar-refractivity contribution in [1.29, 1.82) is 0 Å². The maximum absolute atomic E-state index is 12.8. The standard InChI is InChI=1S/C22H21N5O3/c1-26-17-9-5-6-10-18(17)30-13-16(22(26)29)23-21(28)19-24-20-15(11-12-27(20)25-19)14-7-3-2-4-8-14/h2-10,15-16H,11-13H2,1H3,(H,23,28)/t15?,16-/m0/s1. The van der Waals surface area contributed by atoms with Gasteiger partial charge in [-0.1, -0.05) is 42.5 Å². The fourth-order valence-electron chi connectivity index (χ4n) is 4.03. The Labute approximate surface area is 173 Å². The smallest absolute Gasteiger partial charge is 0.291 e. The first-order valence-corrected chi connectivity index (χ1v) is 9.92. The topological polar surface area (TPSA) is 89.4 Å². The number of hydrogen-bond acceptors (Lipinski definition) is 5. The molecule has 30 heavy (non-hydrogen) atoms. The molecule has 3 aromatic rings. The Kier molecular flexibility index (Phi) is 4.46. The van der Waals surface area contributed by atoms with Crippen LogP contribution in [0.1, 0.15) is 34.3 Å². The number of aryl methyl sites for hydroxylation is 1. The molecule has 1 unspecified atom stereocenters. The highest BCUT2D eigenvalue weighted by molar-refractivity contribution is 6.02. The molecule has 1 N–H and O–H groups in total. The molecule has 0 radical (unpaired) electrons. The minimum absolute atomic E-state index is 0.0478. The summed E-state index contributed by atoms with van der Waals surface area (Å²) in [5.41, 5.74) is 1.83. The number of benzene rings is 2. The van der Waals surface area contributed by atoms with Crippen LogP contribution in [-0.4, -0.2) is 46.3 Å². The van der Waals surface area contributed by atoms with Crippen LogP contribution >= 0.6 is 0 Å². The third kappa shape index (κ3) is 3.10. The number of carbonyl (C=O) groups is 2. The predicted octanol–water partition coefficient (Wildman–Crippen LogP) is 1.97. The lowest BCUT2D eigenvalue weighted by Crippen LogP contribution is -2.49. The Balaban J connectivity index is 1.34. The predicted molar refractivity (Wildman–Crippen MR) is 110 cm³/mol. The summed E-state index contributed by atoms with van der Waals surface area (Å²) in [6.45, 7) is 0.755. The van der Waals surface area contributed by atoms with Crippen molar-refractivity contribution >= 4 is 17.5 Å². The van der Waals surface area contributed by atoms with Gasteiger partial charge in [-0.15, -0.1) is 5.10 Å². The Morgan fingerprint density at radius 2 is 1.90 bits per heavy atom. The highest BCUT2D eigenvalue weighted by atomic mass is 16.5. The summed E-state index contributed by atoms with van der Waals surface area (Å²) >= 11 is 0. The van der Waals surface area contributed by atoms with Crippen LogP contribution in [0.5, 0.6) is 5.75 Å². The van der Waals surface area contributed by atoms with Crippen molar-refractivity contribution < 1.29 is 14.3 Å². The van der Waals surface area contributed by atoms with Crippen LogP contribution in [0, 0.1) is 0 Å². The monoisotopic (exact) mass is 403 g/mol.